The summed E-state index contributed by atoms with van der Waals surface area (Å²) in [5.41, 5.74) is -0.656. The number of esters is 2. The van der Waals surface area contributed by atoms with Crippen LogP contribution in [0.4, 0.5) is 23.4 Å². The molecule has 13 heteroatoms. The predicted molar refractivity (Wildman–Crippen MR) is 98.8 cm³/mol. The molecule has 0 bridgehead atoms. The van der Waals surface area contributed by atoms with Gasteiger partial charge in [-0.15, -0.1) is 0 Å². The molecule has 28 heavy (non-hydrogen) atoms. The molecule has 1 aromatic carbocycles. The lowest BCUT2D eigenvalue weighted by atomic mass is 10.2. The summed E-state index contributed by atoms with van der Waals surface area (Å²) in [5, 5.41) is 5.61. The Balaban J connectivity index is 2.04. The lowest BCUT2D eigenvalue weighted by molar-refractivity contribution is -0.139. The Kier molecular flexibility index (Phi) is 5.56. The van der Waals surface area contributed by atoms with Crippen LogP contribution in [0, 0.1) is 0 Å². The third-order valence-electron chi connectivity index (χ3n) is 3.54. The van der Waals surface area contributed by atoms with E-state index in [4.69, 9.17) is 0 Å². The third-order valence-corrected chi connectivity index (χ3v) is 5.63. The number of thiazole rings is 2. The van der Waals surface area contributed by atoms with Crippen molar-refractivity contribution < 1.29 is 32.2 Å². The summed E-state index contributed by atoms with van der Waals surface area (Å²) in [6.45, 7) is -0.433. The summed E-state index contributed by atoms with van der Waals surface area (Å²) in [4.78, 5) is 30.6. The lowest BCUT2D eigenvalue weighted by Gasteiger charge is -2.08. The van der Waals surface area contributed by atoms with Gasteiger partial charge in [-0.2, -0.15) is 13.2 Å². The molecule has 2 heterocycles. The van der Waals surface area contributed by atoms with Gasteiger partial charge in [-0.1, -0.05) is 22.7 Å². The number of carbonyl (C=O) groups is 2. The highest BCUT2D eigenvalue weighted by atomic mass is 32.1. The number of carbonyl (C=O) groups excluding carboxylic acids is 2. The number of rotatable bonds is 6. The number of aromatic nitrogens is 2. The number of alkyl halides is 3. The molecule has 0 unspecified atom stereocenters. The summed E-state index contributed by atoms with van der Waals surface area (Å²) in [5.74, 6) is -1.14. The van der Waals surface area contributed by atoms with Crippen molar-refractivity contribution in [3.05, 3.63) is 11.6 Å². The molecule has 0 aliphatic heterocycles. The van der Waals surface area contributed by atoms with Gasteiger partial charge in [0, 0.05) is 0 Å². The standard InChI is InChI=1S/C15H13F3N4O4S2/c1-25-8(23)4-19-13-21-6-3-7-12(10(11(6)27-13)15(16,17)18)28-14(22-7)20-5-9(24)26-2/h3H,4-5H2,1-2H3,(H,19,21)(H,20,22). The maximum Gasteiger partial charge on any atom is 0.419 e. The number of methoxy groups -OCH3 is 2. The summed E-state index contributed by atoms with van der Waals surface area (Å²) < 4.78 is 50.1. The molecule has 0 saturated heterocycles. The fraction of sp³-hybridized carbons (Fsp3) is 0.333. The number of hydrogen-bond donors (Lipinski definition) is 2. The Morgan fingerprint density at radius 3 is 1.75 bits per heavy atom. The first-order chi connectivity index (χ1) is 13.2. The first-order valence-corrected chi connectivity index (χ1v) is 9.29. The van der Waals surface area contributed by atoms with Crippen molar-refractivity contribution in [1.29, 1.82) is 0 Å². The molecular formula is C15H13F3N4O4S2. The van der Waals surface area contributed by atoms with Gasteiger partial charge in [-0.25, -0.2) is 9.97 Å². The van der Waals surface area contributed by atoms with Crippen molar-refractivity contribution >= 4 is 65.3 Å². The largest absolute Gasteiger partial charge is 0.468 e. The van der Waals surface area contributed by atoms with Crippen molar-refractivity contribution in [3.8, 4) is 0 Å². The minimum absolute atomic E-state index is 0.0736. The maximum atomic E-state index is 13.8. The Hall–Kier alpha value is -2.67. The van der Waals surface area contributed by atoms with Crippen LogP contribution in [0.1, 0.15) is 5.56 Å². The second-order valence-electron chi connectivity index (χ2n) is 5.34. The molecule has 0 fully saturated rings. The number of fused-ring (bicyclic) bond motifs is 2. The summed E-state index contributed by atoms with van der Waals surface area (Å²) in [6.07, 6.45) is -4.64. The average molecular weight is 434 g/mol. The molecule has 3 rings (SSSR count). The molecule has 3 aromatic rings. The highest BCUT2D eigenvalue weighted by molar-refractivity contribution is 7.24. The van der Waals surface area contributed by atoms with E-state index in [-0.39, 0.29) is 43.8 Å². The smallest absolute Gasteiger partial charge is 0.419 e. The highest BCUT2D eigenvalue weighted by Gasteiger charge is 2.37. The van der Waals surface area contributed by atoms with Crippen LogP contribution in [0.15, 0.2) is 6.07 Å². The topological polar surface area (TPSA) is 102 Å². The maximum absolute atomic E-state index is 13.8. The first kappa shape index (κ1) is 20.1. The van der Waals surface area contributed by atoms with E-state index in [1.54, 1.807) is 0 Å². The van der Waals surface area contributed by atoms with Gasteiger partial charge in [0.2, 0.25) is 0 Å². The van der Waals surface area contributed by atoms with Crippen LogP contribution in [-0.4, -0.2) is 49.2 Å². The average Bonchev–Trinajstić information content (AvgIpc) is 3.23. The number of nitrogens with zero attached hydrogens (tertiary/aromatic N) is 2. The molecule has 2 aromatic heterocycles. The van der Waals surface area contributed by atoms with Gasteiger partial charge >= 0.3 is 18.1 Å². The van der Waals surface area contributed by atoms with Gasteiger partial charge in [-0.05, 0) is 6.07 Å². The number of nitrogens with one attached hydrogen (secondary N) is 2. The van der Waals surface area contributed by atoms with Crippen molar-refractivity contribution in [2.75, 3.05) is 37.9 Å². The van der Waals surface area contributed by atoms with E-state index in [1.807, 2.05) is 0 Å². The summed E-state index contributed by atoms with van der Waals surface area (Å²) >= 11 is 1.57. The second-order valence-corrected chi connectivity index (χ2v) is 7.34. The lowest BCUT2D eigenvalue weighted by Crippen LogP contribution is -2.14. The molecule has 0 aliphatic rings. The van der Waals surface area contributed by atoms with Gasteiger partial charge in [0.1, 0.15) is 13.1 Å². The van der Waals surface area contributed by atoms with Gasteiger partial charge in [0.15, 0.2) is 10.3 Å². The summed E-state index contributed by atoms with van der Waals surface area (Å²) in [6, 6.07) is 1.43. The third kappa shape index (κ3) is 4.09. The van der Waals surface area contributed by atoms with E-state index in [0.717, 1.165) is 22.7 Å². The fourth-order valence-corrected chi connectivity index (χ4v) is 4.38. The highest BCUT2D eigenvalue weighted by Crippen LogP contribution is 2.45. The normalized spacial score (nSPS) is 11.6. The zero-order valence-electron chi connectivity index (χ0n) is 14.5. The number of ether oxygens (including phenoxy) is 2. The van der Waals surface area contributed by atoms with Gasteiger partial charge in [0.25, 0.3) is 0 Å². The Labute approximate surface area is 163 Å². The van der Waals surface area contributed by atoms with Crippen LogP contribution in [0.25, 0.3) is 20.4 Å². The minimum Gasteiger partial charge on any atom is -0.468 e. The minimum atomic E-state index is -4.64. The molecule has 2 N–H and O–H groups in total. The predicted octanol–water partition coefficient (Wildman–Crippen LogP) is 3.09. The molecule has 0 amide bonds. The van der Waals surface area contributed by atoms with Crippen LogP contribution >= 0.6 is 22.7 Å². The molecule has 0 saturated carbocycles. The fourth-order valence-electron chi connectivity index (χ4n) is 2.30. The molecule has 0 radical (unpaired) electrons. The van der Waals surface area contributed by atoms with Crippen LogP contribution in [0.3, 0.4) is 0 Å². The monoisotopic (exact) mass is 434 g/mol. The molecule has 0 spiro atoms. The van der Waals surface area contributed by atoms with Gasteiger partial charge < -0.3 is 20.1 Å². The molecular weight excluding hydrogens is 421 g/mol. The van der Waals surface area contributed by atoms with E-state index >= 15 is 0 Å². The Morgan fingerprint density at radius 1 is 0.964 bits per heavy atom. The Morgan fingerprint density at radius 2 is 1.39 bits per heavy atom. The SMILES string of the molecule is COC(=O)CNc1nc2cc3nc(NCC(=O)OC)sc3c(C(F)(F)F)c2s1. The zero-order chi connectivity index (χ0) is 20.5. The van der Waals surface area contributed by atoms with E-state index in [2.05, 4.69) is 30.1 Å². The van der Waals surface area contributed by atoms with Gasteiger partial charge in [0.05, 0.1) is 40.2 Å². The van der Waals surface area contributed by atoms with E-state index in [1.165, 1.54) is 20.3 Å². The molecule has 8 nitrogen and oxygen atoms in total. The number of anilines is 2. The van der Waals surface area contributed by atoms with Crippen LogP contribution in [0.2, 0.25) is 0 Å². The molecule has 0 atom stereocenters. The molecule has 0 aliphatic carbocycles. The van der Waals surface area contributed by atoms with Gasteiger partial charge in [-0.3, -0.25) is 9.59 Å². The van der Waals surface area contributed by atoms with Crippen LogP contribution in [-0.2, 0) is 25.2 Å². The quantitative estimate of drug-likeness (QED) is 0.571. The Bertz CT molecular complexity index is 975. The van der Waals surface area contributed by atoms with Crippen molar-refractivity contribution in [2.24, 2.45) is 0 Å². The van der Waals surface area contributed by atoms with Crippen LogP contribution < -0.4 is 10.6 Å². The number of benzene rings is 1. The second kappa shape index (κ2) is 7.75. The van der Waals surface area contributed by atoms with Crippen molar-refractivity contribution in [2.45, 2.75) is 6.18 Å². The van der Waals surface area contributed by atoms with Crippen molar-refractivity contribution in [3.63, 3.8) is 0 Å². The molecule has 150 valence electrons. The zero-order valence-corrected chi connectivity index (χ0v) is 16.1. The van der Waals surface area contributed by atoms with E-state index in [0.29, 0.717) is 0 Å². The first-order valence-electron chi connectivity index (χ1n) is 7.65. The summed E-state index contributed by atoms with van der Waals surface area (Å²) in [7, 11) is 2.41. The number of hydrogen-bond acceptors (Lipinski definition) is 10. The van der Waals surface area contributed by atoms with Crippen molar-refractivity contribution in [1.82, 2.24) is 9.97 Å². The van der Waals surface area contributed by atoms with E-state index in [9.17, 15) is 22.8 Å². The van der Waals surface area contributed by atoms with E-state index < -0.39 is 23.7 Å². The van der Waals surface area contributed by atoms with Crippen LogP contribution in [0.5, 0.6) is 0 Å². The number of halogens is 3.